The first-order valence-electron chi connectivity index (χ1n) is 9.96. The number of hydrogen-bond acceptors (Lipinski definition) is 3. The molecule has 5 nitrogen and oxygen atoms in total. The Kier molecular flexibility index (Phi) is 7.07. The molecule has 0 saturated carbocycles. The summed E-state index contributed by atoms with van der Waals surface area (Å²) in [6, 6.07) is 12.5. The van der Waals surface area contributed by atoms with Crippen LogP contribution in [0, 0.1) is 5.82 Å². The smallest absolute Gasteiger partial charge is 0.173 e. The second-order valence-electron chi connectivity index (χ2n) is 7.41. The summed E-state index contributed by atoms with van der Waals surface area (Å²) in [5, 5.41) is 9.48. The van der Waals surface area contributed by atoms with Gasteiger partial charge in [0.1, 0.15) is 5.82 Å². The molecule has 1 aliphatic heterocycles. The minimum atomic E-state index is -0.263. The molecule has 1 fully saturated rings. The van der Waals surface area contributed by atoms with Gasteiger partial charge in [0.15, 0.2) is 5.11 Å². The lowest BCUT2D eigenvalue weighted by molar-refractivity contribution is 0.175. The molecule has 4 rings (SSSR count). The molecule has 0 atom stereocenters. The van der Waals surface area contributed by atoms with Gasteiger partial charge in [-0.25, -0.2) is 4.39 Å². The van der Waals surface area contributed by atoms with Crippen LogP contribution in [0.2, 0.25) is 10.0 Å². The van der Waals surface area contributed by atoms with Crippen molar-refractivity contribution in [2.45, 2.75) is 13.1 Å². The predicted molar refractivity (Wildman–Crippen MR) is 127 cm³/mol. The summed E-state index contributed by atoms with van der Waals surface area (Å²) >= 11 is 18.0. The number of thiocarbonyl (C=S) groups is 1. The summed E-state index contributed by atoms with van der Waals surface area (Å²) in [6.45, 7) is 4.15. The van der Waals surface area contributed by atoms with Crippen LogP contribution >= 0.6 is 35.4 Å². The van der Waals surface area contributed by atoms with Gasteiger partial charge in [-0.1, -0.05) is 47.5 Å². The highest BCUT2D eigenvalue weighted by molar-refractivity contribution is 7.80. The van der Waals surface area contributed by atoms with Crippen molar-refractivity contribution in [1.82, 2.24) is 19.6 Å². The monoisotopic (exact) mass is 477 g/mol. The zero-order valence-corrected chi connectivity index (χ0v) is 19.1. The minimum absolute atomic E-state index is 0.263. The number of rotatable bonds is 5. The fourth-order valence-electron chi connectivity index (χ4n) is 3.53. The zero-order valence-electron chi connectivity index (χ0n) is 16.8. The second-order valence-corrected chi connectivity index (χ2v) is 8.61. The molecule has 1 saturated heterocycles. The number of halogens is 3. The van der Waals surface area contributed by atoms with Gasteiger partial charge in [-0.2, -0.15) is 5.10 Å². The van der Waals surface area contributed by atoms with E-state index in [1.165, 1.54) is 6.07 Å². The molecule has 0 aliphatic carbocycles. The van der Waals surface area contributed by atoms with Crippen LogP contribution in [0.15, 0.2) is 54.9 Å². The van der Waals surface area contributed by atoms with E-state index in [4.69, 9.17) is 35.4 Å². The van der Waals surface area contributed by atoms with Gasteiger partial charge in [0.2, 0.25) is 0 Å². The maximum absolute atomic E-state index is 14.0. The molecule has 0 spiro atoms. The third-order valence-corrected chi connectivity index (χ3v) is 6.36. The van der Waals surface area contributed by atoms with Gasteiger partial charge in [0.25, 0.3) is 0 Å². The highest BCUT2D eigenvalue weighted by atomic mass is 35.5. The Bertz CT molecular complexity index is 1050. The molecule has 1 N–H and O–H groups in total. The molecule has 9 heteroatoms. The Morgan fingerprint density at radius 2 is 1.74 bits per heavy atom. The SMILES string of the molecule is Fc1cccc(Cl)c1CN1CCN(C(=S)Nc2cnn(Cc3ccccc3Cl)c2)CC1. The number of benzene rings is 2. The molecule has 2 aromatic carbocycles. The van der Waals surface area contributed by atoms with Crippen molar-refractivity contribution in [2.75, 3.05) is 31.5 Å². The van der Waals surface area contributed by atoms with E-state index in [2.05, 4.69) is 20.2 Å². The molecule has 3 aromatic rings. The molecule has 1 aliphatic rings. The summed E-state index contributed by atoms with van der Waals surface area (Å²) in [7, 11) is 0. The highest BCUT2D eigenvalue weighted by Crippen LogP contribution is 2.22. The number of aromatic nitrogens is 2. The molecule has 2 heterocycles. The van der Waals surface area contributed by atoms with E-state index in [-0.39, 0.29) is 5.82 Å². The fourth-order valence-corrected chi connectivity index (χ4v) is 4.25. The van der Waals surface area contributed by atoms with Gasteiger partial charge in [0.05, 0.1) is 18.4 Å². The lowest BCUT2D eigenvalue weighted by Crippen LogP contribution is -2.49. The van der Waals surface area contributed by atoms with E-state index in [1.54, 1.807) is 18.3 Å². The average molecular weight is 478 g/mol. The van der Waals surface area contributed by atoms with Crippen molar-refractivity contribution < 1.29 is 4.39 Å². The third-order valence-electron chi connectivity index (χ3n) is 5.28. The van der Waals surface area contributed by atoms with Crippen molar-refractivity contribution in [3.63, 3.8) is 0 Å². The standard InChI is InChI=1S/C22H22Cl2FN5S/c23-19-5-2-1-4-16(19)13-30-14-17(12-26-30)27-22(31)29-10-8-28(9-11-29)15-18-20(24)6-3-7-21(18)25/h1-7,12,14H,8-11,13,15H2,(H,27,31). The number of piperazine rings is 1. The minimum Gasteiger partial charge on any atom is -0.346 e. The molecule has 31 heavy (non-hydrogen) atoms. The van der Waals surface area contributed by atoms with E-state index in [0.29, 0.717) is 28.8 Å². The zero-order chi connectivity index (χ0) is 21.8. The highest BCUT2D eigenvalue weighted by Gasteiger charge is 2.21. The first-order valence-corrected chi connectivity index (χ1v) is 11.1. The number of nitrogens with zero attached hydrogens (tertiary/aromatic N) is 4. The van der Waals surface area contributed by atoms with Crippen LogP contribution in [0.25, 0.3) is 0 Å². The van der Waals surface area contributed by atoms with Crippen molar-refractivity contribution >= 4 is 46.2 Å². The van der Waals surface area contributed by atoms with E-state index in [0.717, 1.165) is 42.5 Å². The van der Waals surface area contributed by atoms with Crippen LogP contribution < -0.4 is 5.32 Å². The molecular weight excluding hydrogens is 456 g/mol. The Hall–Kier alpha value is -2.19. The lowest BCUT2D eigenvalue weighted by Gasteiger charge is -2.36. The Morgan fingerprint density at radius 3 is 2.48 bits per heavy atom. The van der Waals surface area contributed by atoms with Crippen LogP contribution in [0.1, 0.15) is 11.1 Å². The second kappa shape index (κ2) is 9.96. The number of anilines is 1. The van der Waals surface area contributed by atoms with Gasteiger partial charge >= 0.3 is 0 Å². The van der Waals surface area contributed by atoms with Crippen LogP contribution in [0.3, 0.4) is 0 Å². The van der Waals surface area contributed by atoms with Crippen molar-refractivity contribution in [3.8, 4) is 0 Å². The van der Waals surface area contributed by atoms with Crippen LogP contribution in [0.5, 0.6) is 0 Å². The predicted octanol–water partition coefficient (Wildman–Crippen LogP) is 4.89. The summed E-state index contributed by atoms with van der Waals surface area (Å²) in [5.74, 6) is -0.263. The molecular formula is C22H22Cl2FN5S. The summed E-state index contributed by atoms with van der Waals surface area (Å²) < 4.78 is 15.9. The largest absolute Gasteiger partial charge is 0.346 e. The average Bonchev–Trinajstić information content (AvgIpc) is 3.20. The normalized spacial score (nSPS) is 14.6. The topological polar surface area (TPSA) is 36.3 Å². The molecule has 1 aromatic heterocycles. The van der Waals surface area contributed by atoms with E-state index >= 15 is 0 Å². The van der Waals surface area contributed by atoms with Gasteiger partial charge in [0, 0.05) is 54.5 Å². The fraction of sp³-hybridized carbons (Fsp3) is 0.273. The molecule has 0 bridgehead atoms. The Morgan fingerprint density at radius 1 is 1.00 bits per heavy atom. The van der Waals surface area contributed by atoms with Gasteiger partial charge in [-0.05, 0) is 36.0 Å². The molecule has 0 radical (unpaired) electrons. The molecule has 0 unspecified atom stereocenters. The maximum Gasteiger partial charge on any atom is 0.173 e. The first-order chi connectivity index (χ1) is 15.0. The quantitative estimate of drug-likeness (QED) is 0.529. The number of nitrogens with one attached hydrogen (secondary N) is 1. The van der Waals surface area contributed by atoms with Crippen LogP contribution in [0.4, 0.5) is 10.1 Å². The van der Waals surface area contributed by atoms with Crippen molar-refractivity contribution in [2.24, 2.45) is 0 Å². The number of hydrogen-bond donors (Lipinski definition) is 1. The maximum atomic E-state index is 14.0. The molecule has 0 amide bonds. The van der Waals surface area contributed by atoms with E-state index < -0.39 is 0 Å². The lowest BCUT2D eigenvalue weighted by atomic mass is 10.2. The van der Waals surface area contributed by atoms with Crippen LogP contribution in [-0.2, 0) is 13.1 Å². The van der Waals surface area contributed by atoms with E-state index in [9.17, 15) is 4.39 Å². The summed E-state index contributed by atoms with van der Waals surface area (Å²) in [4.78, 5) is 4.30. The first kappa shape index (κ1) is 22.0. The van der Waals surface area contributed by atoms with Crippen molar-refractivity contribution in [1.29, 1.82) is 0 Å². The van der Waals surface area contributed by atoms with Gasteiger partial charge < -0.3 is 10.2 Å². The Labute approximate surface area is 196 Å². The van der Waals surface area contributed by atoms with Crippen LogP contribution in [-0.4, -0.2) is 50.9 Å². The van der Waals surface area contributed by atoms with Crippen molar-refractivity contribution in [3.05, 3.63) is 81.8 Å². The summed E-state index contributed by atoms with van der Waals surface area (Å²) in [5.41, 5.74) is 2.38. The van der Waals surface area contributed by atoms with Gasteiger partial charge in [-0.15, -0.1) is 0 Å². The Balaban J connectivity index is 1.29. The van der Waals surface area contributed by atoms with Gasteiger partial charge in [-0.3, -0.25) is 9.58 Å². The van der Waals surface area contributed by atoms with E-state index in [1.807, 2.05) is 35.1 Å². The molecule has 162 valence electrons. The summed E-state index contributed by atoms with van der Waals surface area (Å²) in [6.07, 6.45) is 3.66. The third kappa shape index (κ3) is 5.54.